The summed E-state index contributed by atoms with van der Waals surface area (Å²) in [6.45, 7) is 1.68. The lowest BCUT2D eigenvalue weighted by atomic mass is 10.4. The summed E-state index contributed by atoms with van der Waals surface area (Å²) >= 11 is 6.06. The molecule has 1 amide bonds. The molecular formula is C13H15ClN2O4. The van der Waals surface area contributed by atoms with Crippen molar-refractivity contribution in [3.8, 4) is 0 Å². The van der Waals surface area contributed by atoms with Crippen LogP contribution < -0.4 is 15.6 Å². The van der Waals surface area contributed by atoms with E-state index < -0.39 is 11.9 Å². The van der Waals surface area contributed by atoms with Gasteiger partial charge in [-0.15, -0.1) is 0 Å². The summed E-state index contributed by atoms with van der Waals surface area (Å²) in [5, 5.41) is 2.55. The minimum absolute atomic E-state index is 0.0904. The highest BCUT2D eigenvalue weighted by molar-refractivity contribution is 6.37. The normalized spacial score (nSPS) is 9.80. The standard InChI is InChI=1S/C13H15ClN2O4/c1-4-20-13(19)12(18)15-8-5-9(17)7-11(16(2)3)10(14)6-8/h5-7H,4H2,1-3H3,(H,15,18). The molecule has 0 aliphatic rings. The van der Waals surface area contributed by atoms with E-state index in [9.17, 15) is 14.4 Å². The summed E-state index contributed by atoms with van der Waals surface area (Å²) in [5.74, 6) is -1.98. The summed E-state index contributed by atoms with van der Waals surface area (Å²) in [6.07, 6.45) is 0. The van der Waals surface area contributed by atoms with Crippen LogP contribution in [0.5, 0.6) is 0 Å². The summed E-state index contributed by atoms with van der Waals surface area (Å²) in [6, 6.07) is 3.91. The number of carbonyl (C=O) groups is 2. The average Bonchev–Trinajstić information content (AvgIpc) is 2.48. The summed E-state index contributed by atoms with van der Waals surface area (Å²) < 4.78 is 4.55. The zero-order chi connectivity index (χ0) is 15.3. The molecule has 1 rings (SSSR count). The number of halogens is 1. The molecule has 1 aromatic rings. The van der Waals surface area contributed by atoms with Gasteiger partial charge in [-0.05, 0) is 13.0 Å². The first-order chi connectivity index (χ1) is 9.35. The molecule has 0 aliphatic heterocycles. The Morgan fingerprint density at radius 1 is 1.30 bits per heavy atom. The smallest absolute Gasteiger partial charge is 0.397 e. The van der Waals surface area contributed by atoms with E-state index in [2.05, 4.69) is 10.1 Å². The van der Waals surface area contributed by atoms with Crippen molar-refractivity contribution in [1.82, 2.24) is 0 Å². The number of carbonyl (C=O) groups excluding carboxylic acids is 2. The minimum atomic E-state index is -1.02. The molecule has 0 saturated heterocycles. The Bertz CT molecular complexity index is 587. The second kappa shape index (κ2) is 6.91. The molecule has 7 heteroatoms. The van der Waals surface area contributed by atoms with E-state index in [1.165, 1.54) is 18.2 Å². The van der Waals surface area contributed by atoms with E-state index in [0.29, 0.717) is 5.69 Å². The van der Waals surface area contributed by atoms with Gasteiger partial charge in [0.1, 0.15) is 0 Å². The predicted molar refractivity (Wildman–Crippen MR) is 77.3 cm³/mol. The summed E-state index contributed by atoms with van der Waals surface area (Å²) in [7, 11) is 3.47. The number of nitrogens with one attached hydrogen (secondary N) is 1. The predicted octanol–water partition coefficient (Wildman–Crippen LogP) is 1.27. The Balaban J connectivity index is 3.10. The Morgan fingerprint density at radius 3 is 2.50 bits per heavy atom. The van der Waals surface area contributed by atoms with E-state index in [0.717, 1.165) is 0 Å². The second-order valence-electron chi connectivity index (χ2n) is 4.09. The lowest BCUT2D eigenvalue weighted by Crippen LogP contribution is -2.25. The molecule has 0 aromatic heterocycles. The number of nitrogens with zero attached hydrogens (tertiary/aromatic N) is 1. The van der Waals surface area contributed by atoms with Gasteiger partial charge >= 0.3 is 11.9 Å². The molecule has 0 bridgehead atoms. The first-order valence-electron chi connectivity index (χ1n) is 5.85. The molecular weight excluding hydrogens is 284 g/mol. The molecule has 20 heavy (non-hydrogen) atoms. The van der Waals surface area contributed by atoms with Crippen molar-refractivity contribution < 1.29 is 14.3 Å². The molecule has 1 aromatic carbocycles. The van der Waals surface area contributed by atoms with E-state index in [1.54, 1.807) is 25.9 Å². The van der Waals surface area contributed by atoms with Crippen LogP contribution in [0.4, 0.5) is 11.4 Å². The first kappa shape index (κ1) is 16.0. The van der Waals surface area contributed by atoms with Gasteiger partial charge in [0, 0.05) is 31.9 Å². The largest absolute Gasteiger partial charge is 0.459 e. The highest BCUT2D eigenvalue weighted by Gasteiger charge is 2.15. The van der Waals surface area contributed by atoms with Gasteiger partial charge in [-0.3, -0.25) is 9.59 Å². The summed E-state index contributed by atoms with van der Waals surface area (Å²) in [4.78, 5) is 36.1. The Labute approximate surface area is 121 Å². The van der Waals surface area contributed by atoms with Crippen LogP contribution in [0, 0.1) is 0 Å². The molecule has 6 nitrogen and oxygen atoms in total. The van der Waals surface area contributed by atoms with Crippen LogP contribution in [0.1, 0.15) is 6.92 Å². The number of anilines is 2. The molecule has 0 unspecified atom stereocenters. The van der Waals surface area contributed by atoms with Crippen LogP contribution >= 0.6 is 11.6 Å². The van der Waals surface area contributed by atoms with E-state index in [4.69, 9.17) is 11.6 Å². The Hall–Kier alpha value is -2.08. The van der Waals surface area contributed by atoms with Gasteiger partial charge < -0.3 is 15.0 Å². The molecule has 0 fully saturated rings. The molecule has 0 saturated carbocycles. The van der Waals surface area contributed by atoms with Gasteiger partial charge in [0.05, 0.1) is 17.3 Å². The highest BCUT2D eigenvalue weighted by Crippen LogP contribution is 2.23. The fraction of sp³-hybridized carbons (Fsp3) is 0.308. The third kappa shape index (κ3) is 4.24. The van der Waals surface area contributed by atoms with Gasteiger partial charge in [0.15, 0.2) is 5.43 Å². The third-order valence-electron chi connectivity index (χ3n) is 2.30. The molecule has 0 spiro atoms. The van der Waals surface area contributed by atoms with E-state index in [-0.39, 0.29) is 22.7 Å². The van der Waals surface area contributed by atoms with Gasteiger partial charge in [-0.25, -0.2) is 4.79 Å². The van der Waals surface area contributed by atoms with Gasteiger partial charge in [0.25, 0.3) is 0 Å². The van der Waals surface area contributed by atoms with Gasteiger partial charge in [-0.1, -0.05) is 11.6 Å². The van der Waals surface area contributed by atoms with Crippen LogP contribution in [-0.4, -0.2) is 32.6 Å². The van der Waals surface area contributed by atoms with Crippen LogP contribution in [0.3, 0.4) is 0 Å². The van der Waals surface area contributed by atoms with Crippen molar-refractivity contribution in [2.45, 2.75) is 6.92 Å². The van der Waals surface area contributed by atoms with Crippen molar-refractivity contribution in [2.24, 2.45) is 0 Å². The van der Waals surface area contributed by atoms with Gasteiger partial charge in [0.2, 0.25) is 0 Å². The maximum Gasteiger partial charge on any atom is 0.397 e. The SMILES string of the molecule is CCOC(=O)C(=O)Nc1cc(Cl)c(N(C)C)cc(=O)c1. The van der Waals surface area contributed by atoms with Gasteiger partial charge in [-0.2, -0.15) is 0 Å². The number of hydrogen-bond donors (Lipinski definition) is 1. The monoisotopic (exact) mass is 298 g/mol. The number of amides is 1. The fourth-order valence-electron chi connectivity index (χ4n) is 1.44. The maximum absolute atomic E-state index is 11.7. The van der Waals surface area contributed by atoms with Crippen LogP contribution in [0.25, 0.3) is 0 Å². The van der Waals surface area contributed by atoms with Crippen LogP contribution in [0.15, 0.2) is 23.0 Å². The molecule has 108 valence electrons. The number of ether oxygens (including phenoxy) is 1. The summed E-state index contributed by atoms with van der Waals surface area (Å²) in [5.41, 5.74) is 0.291. The molecule has 0 heterocycles. The lowest BCUT2D eigenvalue weighted by Gasteiger charge is -2.11. The average molecular weight is 299 g/mol. The third-order valence-corrected chi connectivity index (χ3v) is 2.61. The van der Waals surface area contributed by atoms with Crippen LogP contribution in [0.2, 0.25) is 5.02 Å². The lowest BCUT2D eigenvalue weighted by molar-refractivity contribution is -0.152. The highest BCUT2D eigenvalue weighted by atomic mass is 35.5. The number of rotatable bonds is 3. The molecule has 1 N–H and O–H groups in total. The zero-order valence-corrected chi connectivity index (χ0v) is 12.2. The van der Waals surface area contributed by atoms with E-state index >= 15 is 0 Å². The molecule has 0 aliphatic carbocycles. The maximum atomic E-state index is 11.7. The zero-order valence-electron chi connectivity index (χ0n) is 11.4. The molecule has 0 radical (unpaired) electrons. The minimum Gasteiger partial charge on any atom is -0.459 e. The van der Waals surface area contributed by atoms with E-state index in [1.807, 2.05) is 0 Å². The fourth-order valence-corrected chi connectivity index (χ4v) is 1.79. The Morgan fingerprint density at radius 2 is 1.95 bits per heavy atom. The quantitative estimate of drug-likeness (QED) is 0.672. The topological polar surface area (TPSA) is 75.7 Å². The van der Waals surface area contributed by atoms with Crippen molar-refractivity contribution in [3.63, 3.8) is 0 Å². The number of esters is 1. The van der Waals surface area contributed by atoms with Crippen molar-refractivity contribution in [1.29, 1.82) is 0 Å². The van der Waals surface area contributed by atoms with Crippen molar-refractivity contribution in [2.75, 3.05) is 30.9 Å². The number of hydrogen-bond acceptors (Lipinski definition) is 5. The van der Waals surface area contributed by atoms with Crippen molar-refractivity contribution >= 4 is 34.9 Å². The van der Waals surface area contributed by atoms with Crippen molar-refractivity contribution in [3.05, 3.63) is 33.4 Å². The second-order valence-corrected chi connectivity index (χ2v) is 4.50. The van der Waals surface area contributed by atoms with Crippen LogP contribution in [-0.2, 0) is 14.3 Å². The Kier molecular flexibility index (Phi) is 5.52. The first-order valence-corrected chi connectivity index (χ1v) is 6.23. The molecule has 0 atom stereocenters.